The van der Waals surface area contributed by atoms with Crippen molar-refractivity contribution in [3.8, 4) is 0 Å². The smallest absolute Gasteiger partial charge is 0.303 e. The number of hydrogen-bond acceptors (Lipinski definition) is 12. The number of aliphatic hydroxyl groups is 1. The molecule has 68 heavy (non-hydrogen) atoms. The highest BCUT2D eigenvalue weighted by Crippen LogP contribution is 2.36. The first kappa shape index (κ1) is 48.8. The zero-order valence-electron chi connectivity index (χ0n) is 38.2. The average molecular weight is 925 g/mol. The molecule has 0 bridgehead atoms. The third-order valence-electron chi connectivity index (χ3n) is 11.7. The van der Waals surface area contributed by atoms with E-state index in [0.29, 0.717) is 13.2 Å². The van der Waals surface area contributed by atoms with Crippen molar-refractivity contribution in [3.05, 3.63) is 215 Å². The first-order chi connectivity index (χ1) is 33.5. The van der Waals surface area contributed by atoms with Crippen molar-refractivity contribution in [2.75, 3.05) is 13.2 Å². The van der Waals surface area contributed by atoms with Crippen LogP contribution < -0.4 is 0 Å². The molecule has 2 aliphatic heterocycles. The van der Waals surface area contributed by atoms with Gasteiger partial charge < -0.3 is 52.5 Å². The van der Waals surface area contributed by atoms with Crippen LogP contribution in [0.3, 0.4) is 0 Å². The van der Waals surface area contributed by atoms with E-state index in [-0.39, 0.29) is 39.6 Å². The Morgan fingerprint density at radius 2 is 0.721 bits per heavy atom. The van der Waals surface area contributed by atoms with Gasteiger partial charge in [-0.15, -0.1) is 0 Å². The maximum atomic E-state index is 13.2. The van der Waals surface area contributed by atoms with Crippen LogP contribution in [0, 0.1) is 0 Å². The van der Waals surface area contributed by atoms with Gasteiger partial charge >= 0.3 is 5.97 Å². The number of esters is 1. The van der Waals surface area contributed by atoms with E-state index >= 15 is 0 Å². The summed E-state index contributed by atoms with van der Waals surface area (Å²) in [6.45, 7) is 2.73. The van der Waals surface area contributed by atoms with Gasteiger partial charge in [-0.05, 0) is 33.4 Å². The molecule has 0 aliphatic carbocycles. The Labute approximate surface area is 398 Å². The zero-order valence-corrected chi connectivity index (χ0v) is 38.2. The van der Waals surface area contributed by atoms with E-state index in [0.717, 1.165) is 33.4 Å². The molecule has 0 aromatic heterocycles. The summed E-state index contributed by atoms with van der Waals surface area (Å²) in [6.07, 6.45) is -10.6. The van der Waals surface area contributed by atoms with Crippen molar-refractivity contribution in [2.45, 2.75) is 108 Å². The molecule has 2 saturated heterocycles. The number of aliphatic hydroxyl groups excluding tert-OH is 1. The maximum Gasteiger partial charge on any atom is 0.303 e. The van der Waals surface area contributed by atoms with Crippen molar-refractivity contribution in [1.82, 2.24) is 0 Å². The second-order valence-electron chi connectivity index (χ2n) is 16.8. The molecule has 0 unspecified atom stereocenters. The summed E-state index contributed by atoms with van der Waals surface area (Å²) >= 11 is 0. The summed E-state index contributed by atoms with van der Waals surface area (Å²) in [7, 11) is 0. The van der Waals surface area contributed by atoms with Gasteiger partial charge in [0.25, 0.3) is 0 Å². The Balaban J connectivity index is 1.13. The highest BCUT2D eigenvalue weighted by atomic mass is 16.8. The number of benzene rings is 6. The summed E-state index contributed by atoms with van der Waals surface area (Å²) < 4.78 is 66.0. The van der Waals surface area contributed by atoms with Crippen LogP contribution in [0.1, 0.15) is 40.3 Å². The van der Waals surface area contributed by atoms with Crippen LogP contribution in [0.4, 0.5) is 0 Å². The van der Waals surface area contributed by atoms with Crippen molar-refractivity contribution in [3.63, 3.8) is 0 Å². The van der Waals surface area contributed by atoms with Crippen LogP contribution in [-0.2, 0) is 91.8 Å². The zero-order chi connectivity index (χ0) is 46.8. The fourth-order valence-corrected chi connectivity index (χ4v) is 8.35. The molecule has 12 heteroatoms. The number of rotatable bonds is 23. The lowest BCUT2D eigenvalue weighted by Gasteiger charge is -2.49. The van der Waals surface area contributed by atoms with E-state index in [2.05, 4.69) is 0 Å². The molecule has 12 nitrogen and oxygen atoms in total. The molecule has 1 N–H and O–H groups in total. The van der Waals surface area contributed by atoms with Crippen molar-refractivity contribution < 1.29 is 57.3 Å². The quantitative estimate of drug-likeness (QED) is 0.0619. The molecular formula is C56H60O12. The molecule has 356 valence electrons. The van der Waals surface area contributed by atoms with E-state index in [1.54, 1.807) is 0 Å². The Hall–Kier alpha value is -5.61. The molecule has 2 heterocycles. The molecule has 0 spiro atoms. The van der Waals surface area contributed by atoms with Crippen LogP contribution in [0.25, 0.3) is 0 Å². The van der Waals surface area contributed by atoms with Crippen molar-refractivity contribution in [2.24, 2.45) is 0 Å². The Kier molecular flexibility index (Phi) is 18.4. The molecule has 2 aliphatic rings. The van der Waals surface area contributed by atoms with Crippen LogP contribution >= 0.6 is 0 Å². The van der Waals surface area contributed by atoms with Crippen molar-refractivity contribution >= 4 is 5.97 Å². The van der Waals surface area contributed by atoms with Gasteiger partial charge in [-0.3, -0.25) is 4.79 Å². The van der Waals surface area contributed by atoms with E-state index in [1.165, 1.54) is 6.92 Å². The fraction of sp³-hybridized carbons (Fsp3) is 0.339. The number of hydrogen-bond donors (Lipinski definition) is 1. The highest BCUT2D eigenvalue weighted by molar-refractivity contribution is 5.66. The van der Waals surface area contributed by atoms with Crippen LogP contribution in [0.5, 0.6) is 0 Å². The van der Waals surface area contributed by atoms with Gasteiger partial charge in [0.05, 0.1) is 52.9 Å². The normalized spacial score (nSPS) is 24.9. The van der Waals surface area contributed by atoms with Gasteiger partial charge in [0.2, 0.25) is 0 Å². The van der Waals surface area contributed by atoms with Gasteiger partial charge in [-0.25, -0.2) is 0 Å². The van der Waals surface area contributed by atoms with Gasteiger partial charge in [-0.2, -0.15) is 0 Å². The van der Waals surface area contributed by atoms with Crippen molar-refractivity contribution in [1.29, 1.82) is 0 Å². The molecule has 6 aromatic carbocycles. The van der Waals surface area contributed by atoms with Crippen LogP contribution in [-0.4, -0.2) is 85.7 Å². The molecule has 6 aromatic rings. The lowest BCUT2D eigenvalue weighted by atomic mass is 9.96. The topological polar surface area (TPSA) is 130 Å². The highest BCUT2D eigenvalue weighted by Gasteiger charge is 2.55. The lowest BCUT2D eigenvalue weighted by Crippen LogP contribution is -2.66. The Bertz CT molecular complexity index is 2330. The summed E-state index contributed by atoms with van der Waals surface area (Å²) in [5, 5.41) is 12.2. The average Bonchev–Trinajstić information content (AvgIpc) is 3.37. The largest absolute Gasteiger partial charge is 0.454 e. The summed E-state index contributed by atoms with van der Waals surface area (Å²) in [4.78, 5) is 13.2. The summed E-state index contributed by atoms with van der Waals surface area (Å²) in [5.74, 6) is -0.599. The van der Waals surface area contributed by atoms with Gasteiger partial charge in [0.15, 0.2) is 18.7 Å². The Morgan fingerprint density at radius 3 is 1.07 bits per heavy atom. The van der Waals surface area contributed by atoms with E-state index < -0.39 is 67.4 Å². The molecule has 0 radical (unpaired) electrons. The summed E-state index contributed by atoms with van der Waals surface area (Å²) in [6, 6.07) is 58.6. The van der Waals surface area contributed by atoms with Gasteiger partial charge in [0, 0.05) is 6.92 Å². The predicted octanol–water partition coefficient (Wildman–Crippen LogP) is 8.52. The first-order valence-electron chi connectivity index (χ1n) is 23.1. The standard InChI is InChI=1S/C56H60O12/c1-40(57)65-54-52(64-37-46-30-18-7-19-31-46)50(62-35-44-26-14-5-15-27-44)48(39-60-33-42-22-10-3-11-23-42)67-56(54)68-53-51(63-36-45-28-16-6-17-29-45)49(61-34-43-24-12-4-13-25-43)47(66-55(53)58)38-59-32-41-20-8-2-9-21-41/h2-31,47-56,58H,32-39H2,1H3/t47-,48-,49-,50-,51+,52+,53+,54+,55+,56+/m1/s1. The van der Waals surface area contributed by atoms with E-state index in [4.69, 9.17) is 47.4 Å². The third-order valence-corrected chi connectivity index (χ3v) is 11.7. The monoisotopic (exact) mass is 924 g/mol. The molecule has 0 amide bonds. The number of ether oxygens (including phenoxy) is 10. The molecule has 8 rings (SSSR count). The van der Waals surface area contributed by atoms with Crippen LogP contribution in [0.2, 0.25) is 0 Å². The fourth-order valence-electron chi connectivity index (χ4n) is 8.35. The lowest BCUT2D eigenvalue weighted by molar-refractivity contribution is -0.375. The second kappa shape index (κ2) is 25.7. The molecule has 10 atom stereocenters. The minimum absolute atomic E-state index is 0.0491. The minimum atomic E-state index is -1.58. The first-order valence-corrected chi connectivity index (χ1v) is 23.1. The van der Waals surface area contributed by atoms with Gasteiger partial charge in [-0.1, -0.05) is 182 Å². The SMILES string of the molecule is CC(=O)O[C@@H]1[C@H](O[C@H]2[C@@H](OCc3ccccc3)[C@H](OCc3ccccc3)[C@@H](COCc3ccccc3)O[C@@H]2O)O[C@H](COCc2ccccc2)[C@@H](OCc2ccccc2)[C@@H]1OCc1ccccc1. The van der Waals surface area contributed by atoms with E-state index in [1.807, 2.05) is 182 Å². The van der Waals surface area contributed by atoms with E-state index in [9.17, 15) is 9.90 Å². The van der Waals surface area contributed by atoms with Crippen LogP contribution in [0.15, 0.2) is 182 Å². The number of carbonyl (C=O) groups is 1. The molecule has 0 saturated carbocycles. The third kappa shape index (κ3) is 14.2. The minimum Gasteiger partial charge on any atom is -0.454 e. The molecular weight excluding hydrogens is 865 g/mol. The predicted molar refractivity (Wildman–Crippen MR) is 252 cm³/mol. The summed E-state index contributed by atoms with van der Waals surface area (Å²) in [5.41, 5.74) is 5.57. The Morgan fingerprint density at radius 1 is 0.412 bits per heavy atom. The van der Waals surface area contributed by atoms with Gasteiger partial charge in [0.1, 0.15) is 42.7 Å². The maximum absolute atomic E-state index is 13.2. The second-order valence-corrected chi connectivity index (χ2v) is 16.8. The number of carbonyl (C=O) groups excluding carboxylic acids is 1. The molecule has 2 fully saturated rings.